The second-order valence-corrected chi connectivity index (χ2v) is 10.8. The maximum Gasteiger partial charge on any atom is 0.150 e. The van der Waals surface area contributed by atoms with E-state index in [0.717, 1.165) is 30.3 Å². The second-order valence-electron chi connectivity index (χ2n) is 10.8. The summed E-state index contributed by atoms with van der Waals surface area (Å²) in [6.07, 6.45) is 11.3. The zero-order chi connectivity index (χ0) is 24.3. The highest BCUT2D eigenvalue weighted by molar-refractivity contribution is 5.76. The van der Waals surface area contributed by atoms with Crippen LogP contribution in [0.2, 0.25) is 0 Å². The van der Waals surface area contributed by atoms with Crippen LogP contribution in [0.5, 0.6) is 0 Å². The monoisotopic (exact) mass is 451 g/mol. The van der Waals surface area contributed by atoms with Crippen LogP contribution in [0.25, 0.3) is 11.1 Å². The highest BCUT2D eigenvalue weighted by Crippen LogP contribution is 2.29. The van der Waals surface area contributed by atoms with Gasteiger partial charge in [0.2, 0.25) is 0 Å². The molecule has 182 valence electrons. The van der Waals surface area contributed by atoms with Gasteiger partial charge < -0.3 is 10.1 Å². The molecule has 33 heavy (non-hydrogen) atoms. The van der Waals surface area contributed by atoms with E-state index in [4.69, 9.17) is 4.74 Å². The van der Waals surface area contributed by atoms with Crippen LogP contribution in [-0.2, 0) is 11.2 Å². The Morgan fingerprint density at radius 3 is 1.85 bits per heavy atom. The fourth-order valence-electron chi connectivity index (χ4n) is 4.95. The highest BCUT2D eigenvalue weighted by Gasteiger charge is 2.37. The van der Waals surface area contributed by atoms with Crippen LogP contribution in [0.15, 0.2) is 48.5 Å². The van der Waals surface area contributed by atoms with E-state index in [2.05, 4.69) is 64.2 Å². The number of nitrogens with one attached hydrogen (secondary N) is 1. The van der Waals surface area contributed by atoms with Crippen molar-refractivity contribution in [1.82, 2.24) is 5.32 Å². The molecule has 0 unspecified atom stereocenters. The van der Waals surface area contributed by atoms with Crippen LogP contribution in [0.1, 0.15) is 95.5 Å². The van der Waals surface area contributed by atoms with Gasteiger partial charge in [-0.15, -0.1) is 0 Å². The Labute approximate surface area is 202 Å². The molecule has 1 aliphatic heterocycles. The molecule has 0 aliphatic carbocycles. The molecule has 1 aliphatic rings. The van der Waals surface area contributed by atoms with Gasteiger partial charge in [-0.05, 0) is 70.1 Å². The van der Waals surface area contributed by atoms with Gasteiger partial charge >= 0.3 is 0 Å². The van der Waals surface area contributed by atoms with Gasteiger partial charge in [-0.3, -0.25) is 4.79 Å². The normalized spacial score (nSPS) is 17.2. The predicted octanol–water partition coefficient (Wildman–Crippen LogP) is 7.62. The summed E-state index contributed by atoms with van der Waals surface area (Å²) in [5, 5.41) is 3.62. The minimum Gasteiger partial charge on any atom is -0.381 e. The molecule has 0 atom stereocenters. The number of unbranched alkanes of at least 4 members (excludes halogenated alkanes) is 4. The van der Waals surface area contributed by atoms with Crippen LogP contribution in [-0.4, -0.2) is 30.6 Å². The fourth-order valence-corrected chi connectivity index (χ4v) is 4.95. The van der Waals surface area contributed by atoms with Crippen molar-refractivity contribution < 1.29 is 9.53 Å². The molecule has 0 saturated carbocycles. The van der Waals surface area contributed by atoms with Crippen molar-refractivity contribution in [2.24, 2.45) is 0 Å². The lowest BCUT2D eigenvalue weighted by Gasteiger charge is -2.45. The van der Waals surface area contributed by atoms with E-state index in [9.17, 15) is 4.79 Å². The lowest BCUT2D eigenvalue weighted by atomic mass is 9.81. The van der Waals surface area contributed by atoms with Gasteiger partial charge in [-0.25, -0.2) is 0 Å². The largest absolute Gasteiger partial charge is 0.381 e. The first-order chi connectivity index (χ1) is 15.7. The fraction of sp³-hybridized carbons (Fsp3) is 0.567. The third-order valence-electron chi connectivity index (χ3n) is 6.39. The summed E-state index contributed by atoms with van der Waals surface area (Å²) in [7, 11) is 1.81. The van der Waals surface area contributed by atoms with E-state index >= 15 is 0 Å². The van der Waals surface area contributed by atoms with Crippen LogP contribution < -0.4 is 5.32 Å². The molecule has 1 heterocycles. The molecule has 2 aromatic carbocycles. The molecule has 0 aromatic heterocycles. The maximum atomic E-state index is 10.7. The minimum absolute atomic E-state index is 0.211. The first kappa shape index (κ1) is 27.3. The molecule has 0 bridgehead atoms. The molecule has 3 rings (SSSR count). The van der Waals surface area contributed by atoms with E-state index in [-0.39, 0.29) is 11.1 Å². The Hall–Kier alpha value is -1.97. The maximum absolute atomic E-state index is 10.7. The number of hydrogen-bond donors (Lipinski definition) is 1. The summed E-state index contributed by atoms with van der Waals surface area (Å²) >= 11 is 0. The summed E-state index contributed by atoms with van der Waals surface area (Å²) < 4.78 is 5.42. The summed E-state index contributed by atoms with van der Waals surface area (Å²) in [5.41, 5.74) is 4.93. The van der Waals surface area contributed by atoms with E-state index < -0.39 is 0 Å². The van der Waals surface area contributed by atoms with Crippen molar-refractivity contribution in [3.05, 3.63) is 59.7 Å². The first-order valence-corrected chi connectivity index (χ1v) is 12.6. The number of aldehydes is 1. The average Bonchev–Trinajstić information content (AvgIpc) is 2.78. The van der Waals surface area contributed by atoms with Crippen molar-refractivity contribution in [3.63, 3.8) is 0 Å². The van der Waals surface area contributed by atoms with Crippen molar-refractivity contribution in [2.45, 2.75) is 103 Å². The summed E-state index contributed by atoms with van der Waals surface area (Å²) in [6.45, 7) is 11.2. The number of carbonyl (C=O) groups is 1. The molecule has 3 nitrogen and oxygen atoms in total. The second kappa shape index (κ2) is 13.1. The smallest absolute Gasteiger partial charge is 0.150 e. The number of rotatable bonds is 9. The zero-order valence-electron chi connectivity index (χ0n) is 21.7. The Balaban J connectivity index is 0.000000273. The molecule has 2 aromatic rings. The Kier molecular flexibility index (Phi) is 10.8. The quantitative estimate of drug-likeness (QED) is 0.315. The zero-order valence-corrected chi connectivity index (χ0v) is 21.7. The number of benzene rings is 2. The highest BCUT2D eigenvalue weighted by atomic mass is 16.5. The molecule has 3 heteroatoms. The molecular weight excluding hydrogens is 406 g/mol. The van der Waals surface area contributed by atoms with Crippen molar-refractivity contribution in [1.29, 1.82) is 0 Å². The summed E-state index contributed by atoms with van der Waals surface area (Å²) in [5.74, 6) is 0. The number of piperidine rings is 1. The molecule has 1 fully saturated rings. The molecule has 1 saturated heterocycles. The van der Waals surface area contributed by atoms with Gasteiger partial charge in [0, 0.05) is 23.8 Å². The number of carbonyl (C=O) groups excluding carboxylic acids is 1. The van der Waals surface area contributed by atoms with Gasteiger partial charge in [0.15, 0.2) is 0 Å². The van der Waals surface area contributed by atoms with E-state index in [0.29, 0.717) is 6.10 Å². The van der Waals surface area contributed by atoms with Gasteiger partial charge in [0.05, 0.1) is 6.10 Å². The number of methoxy groups -OCH3 is 1. The van der Waals surface area contributed by atoms with Crippen LogP contribution >= 0.6 is 0 Å². The SMILES string of the molecule is CCCCCCCc1ccc(-c2ccc(C=O)cc2)cc1.COC1CC(C)(C)NC(C)(C)C1. The number of ether oxygens (including phenoxy) is 1. The lowest BCUT2D eigenvalue weighted by Crippen LogP contribution is -2.59. The van der Waals surface area contributed by atoms with E-state index in [1.54, 1.807) is 0 Å². The van der Waals surface area contributed by atoms with Crippen LogP contribution in [0.3, 0.4) is 0 Å². The molecule has 1 N–H and O–H groups in total. The number of aryl methyl sites for hydroxylation is 1. The van der Waals surface area contributed by atoms with Gasteiger partial charge in [-0.1, -0.05) is 81.1 Å². The Morgan fingerprint density at radius 2 is 1.36 bits per heavy atom. The minimum atomic E-state index is 0.211. The molecule has 0 radical (unpaired) electrons. The topological polar surface area (TPSA) is 38.3 Å². The number of hydrogen-bond acceptors (Lipinski definition) is 3. The lowest BCUT2D eigenvalue weighted by molar-refractivity contribution is 0.00596. The van der Waals surface area contributed by atoms with E-state index in [1.807, 2.05) is 31.4 Å². The standard InChI is InChI=1S/C20H24O.C10H21NO/c1-2-3-4-5-6-7-17-8-12-19(13-9-17)20-14-10-18(16-21)11-15-20;1-9(2)6-8(12-5)7-10(3,4)11-9/h8-16H,2-7H2,1H3;8,11H,6-7H2,1-5H3. The average molecular weight is 452 g/mol. The van der Waals surface area contributed by atoms with Gasteiger partial charge in [-0.2, -0.15) is 0 Å². The Bertz CT molecular complexity index is 805. The third kappa shape index (κ3) is 9.81. The first-order valence-electron chi connectivity index (χ1n) is 12.6. The van der Waals surface area contributed by atoms with Crippen LogP contribution in [0.4, 0.5) is 0 Å². The van der Waals surface area contributed by atoms with Crippen LogP contribution in [0, 0.1) is 0 Å². The molecule has 0 spiro atoms. The van der Waals surface area contributed by atoms with E-state index in [1.165, 1.54) is 49.7 Å². The van der Waals surface area contributed by atoms with Crippen molar-refractivity contribution in [3.8, 4) is 11.1 Å². The molecular formula is C30H45NO2. The predicted molar refractivity (Wildman–Crippen MR) is 141 cm³/mol. The summed E-state index contributed by atoms with van der Waals surface area (Å²) in [6, 6.07) is 16.5. The van der Waals surface area contributed by atoms with Crippen molar-refractivity contribution >= 4 is 6.29 Å². The van der Waals surface area contributed by atoms with Gasteiger partial charge in [0.25, 0.3) is 0 Å². The Morgan fingerprint density at radius 1 is 0.848 bits per heavy atom. The summed E-state index contributed by atoms with van der Waals surface area (Å²) in [4.78, 5) is 10.7. The molecule has 0 amide bonds. The van der Waals surface area contributed by atoms with Crippen molar-refractivity contribution in [2.75, 3.05) is 7.11 Å². The van der Waals surface area contributed by atoms with Gasteiger partial charge in [0.1, 0.15) is 6.29 Å². The third-order valence-corrected chi connectivity index (χ3v) is 6.39.